The highest BCUT2D eigenvalue weighted by Crippen LogP contribution is 2.32. The number of para-hydroxylation sites is 1. The van der Waals surface area contributed by atoms with E-state index in [2.05, 4.69) is 43.3 Å². The van der Waals surface area contributed by atoms with Crippen LogP contribution in [0.5, 0.6) is 5.75 Å². The molecule has 3 rings (SSSR count). The minimum absolute atomic E-state index is 0.681. The van der Waals surface area contributed by atoms with Gasteiger partial charge in [0.1, 0.15) is 25.4 Å². The minimum atomic E-state index is -0.905. The number of quaternary nitrogens is 1. The summed E-state index contributed by atoms with van der Waals surface area (Å²) in [6, 6.07) is 16.9. The fraction of sp³-hybridized carbons (Fsp3) is 0.538. The summed E-state index contributed by atoms with van der Waals surface area (Å²) >= 11 is 0. The molecule has 0 saturated carbocycles. The Hall–Kier alpha value is -1.84. The molecular weight excluding hydrogens is 358 g/mol. The third kappa shape index (κ3) is 6.07. The SMILES string of the molecule is Cc1cccc(C(C)(C)O)c1OCC[N+]1(Cc2ccccc2)CCCCCCC1. The van der Waals surface area contributed by atoms with Crippen LogP contribution in [0, 0.1) is 6.92 Å². The molecule has 29 heavy (non-hydrogen) atoms. The standard InChI is InChI=1S/C26H38NO2/c1-22-13-12-16-24(26(2,3)28)25(22)29-20-19-27(17-10-5-4-6-11-18-27)21-23-14-8-7-9-15-23/h7-9,12-16,28H,4-6,10-11,17-21H2,1-3H3/q+1. The van der Waals surface area contributed by atoms with E-state index in [1.807, 2.05) is 26.0 Å². The Morgan fingerprint density at radius 2 is 1.55 bits per heavy atom. The van der Waals surface area contributed by atoms with Crippen LogP contribution in [0.15, 0.2) is 48.5 Å². The molecule has 1 aliphatic heterocycles. The largest absolute Gasteiger partial charge is 0.487 e. The lowest BCUT2D eigenvalue weighted by Gasteiger charge is -2.40. The van der Waals surface area contributed by atoms with Crippen LogP contribution in [0.4, 0.5) is 0 Å². The number of nitrogens with zero attached hydrogens (tertiary/aromatic N) is 1. The van der Waals surface area contributed by atoms with Crippen LogP contribution < -0.4 is 4.74 Å². The fourth-order valence-electron chi connectivity index (χ4n) is 4.64. The maximum Gasteiger partial charge on any atom is 0.137 e. The van der Waals surface area contributed by atoms with E-state index in [4.69, 9.17) is 4.74 Å². The van der Waals surface area contributed by atoms with Crippen molar-refractivity contribution >= 4 is 0 Å². The Balaban J connectivity index is 1.75. The molecule has 0 unspecified atom stereocenters. The van der Waals surface area contributed by atoms with Gasteiger partial charge in [0.25, 0.3) is 0 Å². The van der Waals surface area contributed by atoms with Gasteiger partial charge in [-0.1, -0.05) is 55.0 Å². The molecule has 0 bridgehead atoms. The third-order valence-electron chi connectivity index (χ3n) is 6.31. The van der Waals surface area contributed by atoms with Crippen molar-refractivity contribution in [3.63, 3.8) is 0 Å². The zero-order chi connectivity index (χ0) is 20.7. The van der Waals surface area contributed by atoms with Gasteiger partial charge in [0.15, 0.2) is 0 Å². The van der Waals surface area contributed by atoms with Crippen LogP contribution in [0.1, 0.15) is 62.6 Å². The van der Waals surface area contributed by atoms with Crippen LogP contribution in [0.3, 0.4) is 0 Å². The predicted octanol–water partition coefficient (Wildman–Crippen LogP) is 5.58. The van der Waals surface area contributed by atoms with Crippen LogP contribution in [0.2, 0.25) is 0 Å². The quantitative estimate of drug-likeness (QED) is 0.619. The summed E-state index contributed by atoms with van der Waals surface area (Å²) in [7, 11) is 0. The zero-order valence-corrected chi connectivity index (χ0v) is 18.5. The van der Waals surface area contributed by atoms with Crippen LogP contribution in [-0.4, -0.2) is 35.8 Å². The van der Waals surface area contributed by atoms with Crippen molar-refractivity contribution in [1.29, 1.82) is 0 Å². The van der Waals surface area contributed by atoms with Crippen LogP contribution in [-0.2, 0) is 12.1 Å². The molecule has 3 heteroatoms. The van der Waals surface area contributed by atoms with Gasteiger partial charge in [0.2, 0.25) is 0 Å². The second kappa shape index (κ2) is 9.77. The van der Waals surface area contributed by atoms with Gasteiger partial charge < -0.3 is 14.3 Å². The summed E-state index contributed by atoms with van der Waals surface area (Å²) in [5, 5.41) is 10.6. The highest BCUT2D eigenvalue weighted by Gasteiger charge is 2.29. The highest BCUT2D eigenvalue weighted by molar-refractivity contribution is 5.43. The van der Waals surface area contributed by atoms with Crippen molar-refractivity contribution in [2.24, 2.45) is 0 Å². The van der Waals surface area contributed by atoms with Gasteiger partial charge in [-0.15, -0.1) is 0 Å². The van der Waals surface area contributed by atoms with E-state index in [1.165, 1.54) is 50.8 Å². The average Bonchev–Trinajstić information content (AvgIpc) is 2.66. The number of rotatable bonds is 7. The summed E-state index contributed by atoms with van der Waals surface area (Å²) < 4.78 is 7.46. The average molecular weight is 397 g/mol. The summed E-state index contributed by atoms with van der Waals surface area (Å²) in [5.41, 5.74) is 2.48. The zero-order valence-electron chi connectivity index (χ0n) is 18.5. The molecule has 1 N–H and O–H groups in total. The van der Waals surface area contributed by atoms with Crippen molar-refractivity contribution in [3.8, 4) is 5.75 Å². The van der Waals surface area contributed by atoms with E-state index in [1.54, 1.807) is 0 Å². The normalized spacial score (nSPS) is 17.4. The van der Waals surface area contributed by atoms with E-state index in [9.17, 15) is 5.11 Å². The lowest BCUT2D eigenvalue weighted by molar-refractivity contribution is -0.941. The Morgan fingerprint density at radius 3 is 2.21 bits per heavy atom. The molecule has 0 atom stereocenters. The van der Waals surface area contributed by atoms with Gasteiger partial charge in [-0.3, -0.25) is 0 Å². The highest BCUT2D eigenvalue weighted by atomic mass is 16.5. The molecule has 0 amide bonds. The van der Waals surface area contributed by atoms with Crippen molar-refractivity contribution < 1.29 is 14.3 Å². The number of aliphatic hydroxyl groups is 1. The van der Waals surface area contributed by atoms with Crippen molar-refractivity contribution in [1.82, 2.24) is 0 Å². The van der Waals surface area contributed by atoms with Crippen LogP contribution in [0.25, 0.3) is 0 Å². The monoisotopic (exact) mass is 396 g/mol. The first kappa shape index (κ1) is 21.9. The number of ether oxygens (including phenoxy) is 1. The van der Waals surface area contributed by atoms with Gasteiger partial charge >= 0.3 is 0 Å². The molecule has 3 nitrogen and oxygen atoms in total. The molecule has 158 valence electrons. The molecule has 2 aromatic rings. The molecule has 0 spiro atoms. The minimum Gasteiger partial charge on any atom is -0.487 e. The second-order valence-electron chi connectivity index (χ2n) is 9.28. The first-order chi connectivity index (χ1) is 13.9. The molecule has 0 aromatic heterocycles. The Labute approximate surface area is 176 Å². The molecule has 1 aliphatic rings. The first-order valence-corrected chi connectivity index (χ1v) is 11.2. The van der Waals surface area contributed by atoms with Gasteiger partial charge in [0, 0.05) is 11.1 Å². The van der Waals surface area contributed by atoms with E-state index in [-0.39, 0.29) is 0 Å². The fourth-order valence-corrected chi connectivity index (χ4v) is 4.64. The molecule has 0 radical (unpaired) electrons. The van der Waals surface area contributed by atoms with Gasteiger partial charge in [-0.05, 0) is 52.0 Å². The van der Waals surface area contributed by atoms with Gasteiger partial charge in [-0.25, -0.2) is 0 Å². The van der Waals surface area contributed by atoms with Gasteiger partial charge in [0.05, 0.1) is 18.7 Å². The Kier molecular flexibility index (Phi) is 7.37. The molecule has 2 aromatic carbocycles. The van der Waals surface area contributed by atoms with E-state index < -0.39 is 5.60 Å². The molecule has 1 saturated heterocycles. The number of benzene rings is 2. The molecule has 0 aliphatic carbocycles. The molecule has 1 heterocycles. The Bertz CT molecular complexity index is 756. The lowest BCUT2D eigenvalue weighted by atomic mass is 9.95. The summed E-state index contributed by atoms with van der Waals surface area (Å²) in [6.07, 6.45) is 6.66. The van der Waals surface area contributed by atoms with Crippen molar-refractivity contribution in [2.75, 3.05) is 26.2 Å². The summed E-state index contributed by atoms with van der Waals surface area (Å²) in [6.45, 7) is 10.9. The van der Waals surface area contributed by atoms with Crippen molar-refractivity contribution in [3.05, 3.63) is 65.2 Å². The maximum absolute atomic E-state index is 10.6. The number of aryl methyl sites for hydroxylation is 1. The van der Waals surface area contributed by atoms with Crippen LogP contribution >= 0.6 is 0 Å². The number of hydrogen-bond acceptors (Lipinski definition) is 2. The number of hydrogen-bond donors (Lipinski definition) is 1. The third-order valence-corrected chi connectivity index (χ3v) is 6.31. The second-order valence-corrected chi connectivity index (χ2v) is 9.28. The van der Waals surface area contributed by atoms with E-state index >= 15 is 0 Å². The first-order valence-electron chi connectivity index (χ1n) is 11.2. The topological polar surface area (TPSA) is 29.5 Å². The smallest absolute Gasteiger partial charge is 0.137 e. The Morgan fingerprint density at radius 1 is 0.897 bits per heavy atom. The maximum atomic E-state index is 10.6. The number of likely N-dealkylation sites (tertiary alicyclic amines) is 1. The van der Waals surface area contributed by atoms with Crippen molar-refractivity contribution in [2.45, 2.75) is 65.0 Å². The van der Waals surface area contributed by atoms with E-state index in [0.29, 0.717) is 6.61 Å². The molecule has 1 fully saturated rings. The summed E-state index contributed by atoms with van der Waals surface area (Å²) in [5.74, 6) is 0.852. The molecular formula is C26H38NO2+. The predicted molar refractivity (Wildman–Crippen MR) is 120 cm³/mol. The summed E-state index contributed by atoms with van der Waals surface area (Å²) in [4.78, 5) is 0. The lowest BCUT2D eigenvalue weighted by Crippen LogP contribution is -2.51. The van der Waals surface area contributed by atoms with Gasteiger partial charge in [-0.2, -0.15) is 0 Å². The van der Waals surface area contributed by atoms with E-state index in [0.717, 1.165) is 34.4 Å².